The molecule has 23 heteroatoms. The fourth-order valence-electron chi connectivity index (χ4n) is 10.8. The summed E-state index contributed by atoms with van der Waals surface area (Å²) in [6.45, 7) is 7.23. The highest BCUT2D eigenvalue weighted by molar-refractivity contribution is 6.01. The summed E-state index contributed by atoms with van der Waals surface area (Å²) in [7, 11) is 3.78. The van der Waals surface area contributed by atoms with Gasteiger partial charge in [0.25, 0.3) is 11.4 Å². The van der Waals surface area contributed by atoms with Gasteiger partial charge in [0, 0.05) is 55.1 Å². The van der Waals surface area contributed by atoms with Gasteiger partial charge in [0.05, 0.1) is 48.1 Å². The molecule has 0 amide bonds. The third-order valence-electron chi connectivity index (χ3n) is 15.5. The molecule has 0 spiro atoms. The van der Waals surface area contributed by atoms with E-state index in [1.165, 1.54) is 24.3 Å². The van der Waals surface area contributed by atoms with Crippen molar-refractivity contribution in [1.82, 2.24) is 21.1 Å². The van der Waals surface area contributed by atoms with Crippen LogP contribution in [-0.2, 0) is 0 Å². The zero-order valence-corrected chi connectivity index (χ0v) is 54.3. The number of hydrogen-bond acceptors (Lipinski definition) is 19. The molecule has 0 saturated heterocycles. The zero-order valence-electron chi connectivity index (χ0n) is 54.3. The number of para-hydroxylation sites is 4. The first-order valence-corrected chi connectivity index (χ1v) is 31.0. The van der Waals surface area contributed by atoms with E-state index >= 15 is 0 Å². The minimum absolute atomic E-state index is 0. The van der Waals surface area contributed by atoms with Gasteiger partial charge in [-0.1, -0.05) is 209 Å². The molecule has 4 N–H and O–H groups in total. The van der Waals surface area contributed by atoms with Gasteiger partial charge in [-0.15, -0.1) is 10.2 Å². The fourth-order valence-corrected chi connectivity index (χ4v) is 10.8. The summed E-state index contributed by atoms with van der Waals surface area (Å²) in [5.74, 6) is 1.75. The van der Waals surface area contributed by atoms with Crippen molar-refractivity contribution in [2.75, 3.05) is 39.9 Å². The molecule has 1 unspecified atom stereocenters. The molecule has 2 aliphatic heterocycles. The molecule has 0 saturated carbocycles. The highest BCUT2D eigenvalue weighted by Gasteiger charge is 2.32. The molecule has 508 valence electrons. The number of benzene rings is 11. The van der Waals surface area contributed by atoms with Crippen molar-refractivity contribution in [3.05, 3.63) is 336 Å². The van der Waals surface area contributed by atoms with Crippen LogP contribution in [0.5, 0.6) is 0 Å². The third kappa shape index (κ3) is 17.8. The predicted molar refractivity (Wildman–Crippen MR) is 402 cm³/mol. The Morgan fingerprint density at radius 1 is 0.410 bits per heavy atom. The molecule has 0 aliphatic carbocycles. The standard InChI is InChI=1S/C31H23N3O4.C21H20N4.C19H16N4O4.C4H10N4.2CH4/c1-21-17-28(33(35)36)31(29(18-21)34(37)38)32-30-26(23-13-7-3-8-14-23)19-25(22-11-5-2-6-12-22)20-27(30)24-15-9-4-10-16-24;1-17-24(19-13-7-3-8-14-19)22-21(18-11-5-2-6-12-18)23-25(17)20-15-9-4-10-16-20;1-14-12-17(22(24)25)19(18(13-14)23(26)27)20-21(15-8-4-2-5-9-15)16-10-6-3-7-11-16;1-4-5-7(2)8(3)6-4;;/h2-20,32H,1H3;2-17H,1H3,(H,22,23);2-13,20H,1H3;1-3H3,(H,5,6);2*1H4. The Morgan fingerprint density at radius 3 is 1.12 bits per heavy atom. The van der Waals surface area contributed by atoms with E-state index in [4.69, 9.17) is 5.10 Å². The average Bonchev–Trinajstić information content (AvgIpc) is 0.783. The van der Waals surface area contributed by atoms with Gasteiger partial charge in [0.15, 0.2) is 11.5 Å². The quantitative estimate of drug-likeness (QED) is 0.0517. The van der Waals surface area contributed by atoms with Crippen molar-refractivity contribution in [3.63, 3.8) is 0 Å². The lowest BCUT2D eigenvalue weighted by Crippen LogP contribution is -2.58. The Bertz CT molecular complexity index is 4460. The molecule has 0 bridgehead atoms. The molecule has 100 heavy (non-hydrogen) atoms. The minimum atomic E-state index is -0.628. The molecular weight excluding hydrogens is 1260 g/mol. The molecular formula is C77H77N15O8. The third-order valence-corrected chi connectivity index (χ3v) is 15.5. The van der Waals surface area contributed by atoms with Crippen molar-refractivity contribution in [2.24, 2.45) is 10.2 Å². The van der Waals surface area contributed by atoms with Crippen LogP contribution in [0.1, 0.15) is 45.4 Å². The van der Waals surface area contributed by atoms with Gasteiger partial charge < -0.3 is 5.32 Å². The second-order valence-corrected chi connectivity index (χ2v) is 22.4. The summed E-state index contributed by atoms with van der Waals surface area (Å²) in [4.78, 5) is 44.7. The second-order valence-electron chi connectivity index (χ2n) is 22.4. The van der Waals surface area contributed by atoms with E-state index in [1.54, 1.807) is 53.4 Å². The van der Waals surface area contributed by atoms with Crippen LogP contribution in [0.4, 0.5) is 62.6 Å². The lowest BCUT2D eigenvalue weighted by atomic mass is 9.90. The summed E-state index contributed by atoms with van der Waals surface area (Å²) in [5, 5.41) is 68.5. The van der Waals surface area contributed by atoms with Crippen molar-refractivity contribution in [3.8, 4) is 33.4 Å². The minimum Gasteiger partial charge on any atom is -0.343 e. The number of hydrazone groups is 2. The smallest absolute Gasteiger partial charge is 0.301 e. The Hall–Kier alpha value is -13.3. The topological polar surface area (TPSA) is 262 Å². The summed E-state index contributed by atoms with van der Waals surface area (Å²) in [6, 6.07) is 87.3. The lowest BCUT2D eigenvalue weighted by Gasteiger charge is -2.42. The highest BCUT2D eigenvalue weighted by atomic mass is 16.6. The largest absolute Gasteiger partial charge is 0.343 e. The number of anilines is 7. The van der Waals surface area contributed by atoms with E-state index < -0.39 is 19.7 Å². The highest BCUT2D eigenvalue weighted by Crippen LogP contribution is 2.46. The molecule has 1 atom stereocenters. The van der Waals surface area contributed by atoms with Crippen LogP contribution < -0.4 is 36.6 Å². The van der Waals surface area contributed by atoms with E-state index in [1.807, 2.05) is 220 Å². The lowest BCUT2D eigenvalue weighted by molar-refractivity contribution is -0.392. The molecule has 23 nitrogen and oxygen atoms in total. The number of nitro benzene ring substituents is 4. The van der Waals surface area contributed by atoms with Gasteiger partial charge in [-0.2, -0.15) is 5.10 Å². The Morgan fingerprint density at radius 2 is 0.760 bits per heavy atom. The van der Waals surface area contributed by atoms with E-state index in [0.717, 1.165) is 62.0 Å². The first kappa shape index (κ1) is 72.5. The Labute approximate surface area is 580 Å². The maximum atomic E-state index is 12.0. The SMILES string of the molecule is C.C.CC1=NN(C)N(C)N1.CC1N(c2ccccc2)N=C(c2ccccc2)NN1c1ccccc1.Cc1cc([N+](=O)[O-])c(NN(c2ccccc2)c2ccccc2)c([N+](=O)[O-])c1.Cc1cc([N+](=O)[O-])c(Nc2c(-c3ccccc3)cc(-c3ccccc3)cc2-c2ccccc2)c([N+](=O)[O-])c1. The zero-order chi connectivity index (χ0) is 69.2. The second kappa shape index (κ2) is 33.9. The van der Waals surface area contributed by atoms with E-state index in [-0.39, 0.29) is 55.1 Å². The van der Waals surface area contributed by atoms with Gasteiger partial charge in [0.2, 0.25) is 5.69 Å². The molecule has 2 heterocycles. The van der Waals surface area contributed by atoms with Crippen LogP contribution in [0.25, 0.3) is 33.4 Å². The van der Waals surface area contributed by atoms with Gasteiger partial charge >= 0.3 is 11.4 Å². The average molecular weight is 1340 g/mol. The number of nitrogens with zero attached hydrogens (tertiary/aromatic N) is 11. The monoisotopic (exact) mass is 1340 g/mol. The fraction of sp³-hybridized carbons (Fsp3) is 0.117. The first-order chi connectivity index (χ1) is 47.4. The van der Waals surface area contributed by atoms with Gasteiger partial charge in [0.1, 0.15) is 12.0 Å². The van der Waals surface area contributed by atoms with E-state index in [9.17, 15) is 40.5 Å². The summed E-state index contributed by atoms with van der Waals surface area (Å²) in [5.41, 5.74) is 18.7. The molecule has 0 radical (unpaired) electrons. The predicted octanol–water partition coefficient (Wildman–Crippen LogP) is 18.6. The first-order valence-electron chi connectivity index (χ1n) is 31.0. The van der Waals surface area contributed by atoms with Crippen LogP contribution >= 0.6 is 0 Å². The maximum absolute atomic E-state index is 12.0. The van der Waals surface area contributed by atoms with E-state index in [2.05, 4.69) is 75.0 Å². The summed E-state index contributed by atoms with van der Waals surface area (Å²) >= 11 is 0. The van der Waals surface area contributed by atoms with Crippen molar-refractivity contribution in [2.45, 2.75) is 48.7 Å². The Balaban J connectivity index is 0.000000182. The molecule has 2 aliphatic rings. The molecule has 0 fully saturated rings. The number of rotatable bonds is 16. The normalized spacial score (nSPS) is 12.7. The Kier molecular flexibility index (Phi) is 24.6. The van der Waals surface area contributed by atoms with Gasteiger partial charge in [-0.05, 0) is 122 Å². The van der Waals surface area contributed by atoms with Crippen LogP contribution in [-0.4, -0.2) is 61.9 Å². The van der Waals surface area contributed by atoms with Gasteiger partial charge in [-0.25, -0.2) is 10.1 Å². The number of hydrogen-bond donors (Lipinski definition) is 4. The molecule has 13 rings (SSSR count). The summed E-state index contributed by atoms with van der Waals surface area (Å²) < 4.78 is 0. The number of amidine groups is 2. The van der Waals surface area contributed by atoms with Crippen LogP contribution in [0.2, 0.25) is 0 Å². The maximum Gasteiger partial charge on any atom is 0.301 e. The number of nitrogens with one attached hydrogen (secondary N) is 4. The number of aryl methyl sites for hydroxylation is 2. The molecule has 11 aromatic rings. The van der Waals surface area contributed by atoms with E-state index in [0.29, 0.717) is 28.2 Å². The van der Waals surface area contributed by atoms with Crippen LogP contribution in [0.3, 0.4) is 0 Å². The summed E-state index contributed by atoms with van der Waals surface area (Å²) in [6.07, 6.45) is 0.0252. The number of hydrazine groups is 4. The molecule has 11 aromatic carbocycles. The van der Waals surface area contributed by atoms with Crippen molar-refractivity contribution < 1.29 is 19.7 Å². The molecule has 0 aromatic heterocycles. The number of nitro groups is 4. The van der Waals surface area contributed by atoms with Gasteiger partial charge in [-0.3, -0.25) is 66.8 Å². The van der Waals surface area contributed by atoms with Crippen LogP contribution in [0, 0.1) is 54.3 Å². The van der Waals surface area contributed by atoms with Crippen molar-refractivity contribution >= 4 is 74.2 Å². The van der Waals surface area contributed by atoms with Crippen molar-refractivity contribution in [1.29, 1.82) is 0 Å². The van der Waals surface area contributed by atoms with Crippen LogP contribution in [0.15, 0.2) is 289 Å².